The van der Waals surface area contributed by atoms with Gasteiger partial charge in [-0.3, -0.25) is 4.79 Å². The van der Waals surface area contributed by atoms with E-state index in [4.69, 9.17) is 4.74 Å². The van der Waals surface area contributed by atoms with Gasteiger partial charge in [-0.1, -0.05) is 26.0 Å². The minimum atomic E-state index is 0.0329. The summed E-state index contributed by atoms with van der Waals surface area (Å²) in [5.41, 5.74) is 3.49. The van der Waals surface area contributed by atoms with E-state index >= 15 is 0 Å². The number of ether oxygens (including phenoxy) is 1. The molecule has 1 amide bonds. The molecule has 0 aromatic heterocycles. The van der Waals surface area contributed by atoms with E-state index in [0.29, 0.717) is 25.6 Å². The second-order valence-corrected chi connectivity index (χ2v) is 5.65. The highest BCUT2D eigenvalue weighted by atomic mass is 16.5. The SMILES string of the molecule is CCNC(=O)CCOc1c(C)cc(CNC(C)C)cc1C. The van der Waals surface area contributed by atoms with Gasteiger partial charge in [0.15, 0.2) is 0 Å². The summed E-state index contributed by atoms with van der Waals surface area (Å²) in [4.78, 5) is 11.4. The molecule has 4 heteroatoms. The van der Waals surface area contributed by atoms with Crippen LogP contribution in [-0.2, 0) is 11.3 Å². The monoisotopic (exact) mass is 292 g/mol. The summed E-state index contributed by atoms with van der Waals surface area (Å²) in [5, 5.41) is 6.18. The summed E-state index contributed by atoms with van der Waals surface area (Å²) in [7, 11) is 0. The Morgan fingerprint density at radius 3 is 2.38 bits per heavy atom. The second-order valence-electron chi connectivity index (χ2n) is 5.65. The molecule has 0 unspecified atom stereocenters. The smallest absolute Gasteiger partial charge is 0.223 e. The molecule has 0 aliphatic carbocycles. The highest BCUT2D eigenvalue weighted by Crippen LogP contribution is 2.25. The van der Waals surface area contributed by atoms with Crippen molar-refractivity contribution in [3.05, 3.63) is 28.8 Å². The molecule has 0 radical (unpaired) electrons. The van der Waals surface area contributed by atoms with Crippen molar-refractivity contribution in [1.82, 2.24) is 10.6 Å². The summed E-state index contributed by atoms with van der Waals surface area (Å²) < 4.78 is 5.78. The lowest BCUT2D eigenvalue weighted by atomic mass is 10.1. The van der Waals surface area contributed by atoms with Gasteiger partial charge >= 0.3 is 0 Å². The molecule has 0 aliphatic rings. The number of benzene rings is 1. The summed E-state index contributed by atoms with van der Waals surface area (Å²) in [6.07, 6.45) is 0.392. The first kappa shape index (κ1) is 17.5. The van der Waals surface area contributed by atoms with Gasteiger partial charge in [-0.15, -0.1) is 0 Å². The molecule has 0 saturated carbocycles. The normalized spacial score (nSPS) is 10.8. The number of hydrogen-bond donors (Lipinski definition) is 2. The van der Waals surface area contributed by atoms with Crippen molar-refractivity contribution in [2.45, 2.75) is 53.6 Å². The van der Waals surface area contributed by atoms with Crippen LogP contribution in [0.25, 0.3) is 0 Å². The summed E-state index contributed by atoms with van der Waals surface area (Å²) in [6, 6.07) is 4.76. The largest absolute Gasteiger partial charge is 0.493 e. The van der Waals surface area contributed by atoms with Crippen LogP contribution in [-0.4, -0.2) is 25.1 Å². The molecule has 0 atom stereocenters. The van der Waals surface area contributed by atoms with Gasteiger partial charge in [0.25, 0.3) is 0 Å². The van der Waals surface area contributed by atoms with Gasteiger partial charge in [0.2, 0.25) is 5.91 Å². The van der Waals surface area contributed by atoms with E-state index in [1.54, 1.807) is 0 Å². The van der Waals surface area contributed by atoms with Crippen molar-refractivity contribution >= 4 is 5.91 Å². The fraction of sp³-hybridized carbons (Fsp3) is 0.588. The molecule has 118 valence electrons. The molecule has 2 N–H and O–H groups in total. The van der Waals surface area contributed by atoms with Crippen LogP contribution < -0.4 is 15.4 Å². The zero-order valence-electron chi connectivity index (χ0n) is 13.9. The lowest BCUT2D eigenvalue weighted by Crippen LogP contribution is -2.24. The number of aryl methyl sites for hydroxylation is 2. The van der Waals surface area contributed by atoms with Crippen molar-refractivity contribution in [1.29, 1.82) is 0 Å². The van der Waals surface area contributed by atoms with Gasteiger partial charge in [-0.2, -0.15) is 0 Å². The Balaban J connectivity index is 2.61. The molecule has 4 nitrogen and oxygen atoms in total. The highest BCUT2D eigenvalue weighted by molar-refractivity contribution is 5.75. The van der Waals surface area contributed by atoms with Crippen molar-refractivity contribution in [2.24, 2.45) is 0 Å². The molecule has 0 spiro atoms. The van der Waals surface area contributed by atoms with Crippen LogP contribution in [0, 0.1) is 13.8 Å². The summed E-state index contributed by atoms with van der Waals surface area (Å²) >= 11 is 0. The topological polar surface area (TPSA) is 50.4 Å². The number of nitrogens with one attached hydrogen (secondary N) is 2. The third kappa shape index (κ3) is 6.17. The molecular formula is C17H28N2O2. The van der Waals surface area contributed by atoms with Crippen LogP contribution in [0.5, 0.6) is 5.75 Å². The Labute approximate surface area is 128 Å². The van der Waals surface area contributed by atoms with Gasteiger partial charge in [0.1, 0.15) is 5.75 Å². The Bertz CT molecular complexity index is 447. The lowest BCUT2D eigenvalue weighted by Gasteiger charge is -2.15. The zero-order valence-corrected chi connectivity index (χ0v) is 13.9. The maximum Gasteiger partial charge on any atom is 0.223 e. The first-order valence-electron chi connectivity index (χ1n) is 7.67. The third-order valence-electron chi connectivity index (χ3n) is 3.18. The quantitative estimate of drug-likeness (QED) is 0.774. The first-order chi connectivity index (χ1) is 9.93. The molecule has 1 aromatic rings. The van der Waals surface area contributed by atoms with Gasteiger partial charge in [0, 0.05) is 19.1 Å². The van der Waals surface area contributed by atoms with Gasteiger partial charge in [-0.25, -0.2) is 0 Å². The Morgan fingerprint density at radius 1 is 1.24 bits per heavy atom. The van der Waals surface area contributed by atoms with Crippen molar-refractivity contribution in [3.63, 3.8) is 0 Å². The van der Waals surface area contributed by atoms with Crippen LogP contribution >= 0.6 is 0 Å². The predicted octanol–water partition coefficient (Wildman–Crippen LogP) is 2.71. The van der Waals surface area contributed by atoms with Crippen LogP contribution in [0.1, 0.15) is 43.9 Å². The molecule has 21 heavy (non-hydrogen) atoms. The fourth-order valence-corrected chi connectivity index (χ4v) is 2.22. The number of carbonyl (C=O) groups excluding carboxylic acids is 1. The third-order valence-corrected chi connectivity index (χ3v) is 3.18. The number of carbonyl (C=O) groups is 1. The van der Waals surface area contributed by atoms with E-state index in [2.05, 4.69) is 36.6 Å². The Morgan fingerprint density at radius 2 is 1.86 bits per heavy atom. The van der Waals surface area contributed by atoms with Crippen LogP contribution in [0.15, 0.2) is 12.1 Å². The molecule has 1 aromatic carbocycles. The summed E-state index contributed by atoms with van der Waals surface area (Å²) in [5.74, 6) is 0.929. The van der Waals surface area contributed by atoms with Gasteiger partial charge in [0.05, 0.1) is 13.0 Å². The van der Waals surface area contributed by atoms with Gasteiger partial charge < -0.3 is 15.4 Å². The van der Waals surface area contributed by atoms with Crippen molar-refractivity contribution in [3.8, 4) is 5.75 Å². The van der Waals surface area contributed by atoms with E-state index < -0.39 is 0 Å². The number of hydrogen-bond acceptors (Lipinski definition) is 3. The van der Waals surface area contributed by atoms with E-state index in [-0.39, 0.29) is 5.91 Å². The number of rotatable bonds is 8. The molecule has 0 fully saturated rings. The molecular weight excluding hydrogens is 264 g/mol. The minimum Gasteiger partial charge on any atom is -0.493 e. The maximum atomic E-state index is 11.4. The fourth-order valence-electron chi connectivity index (χ4n) is 2.22. The van der Waals surface area contributed by atoms with E-state index in [9.17, 15) is 4.79 Å². The van der Waals surface area contributed by atoms with E-state index in [1.165, 1.54) is 5.56 Å². The average molecular weight is 292 g/mol. The lowest BCUT2D eigenvalue weighted by molar-refractivity contribution is -0.121. The Kier molecular flexibility index (Phi) is 7.23. The molecule has 0 saturated heterocycles. The molecule has 1 rings (SSSR count). The van der Waals surface area contributed by atoms with Gasteiger partial charge in [-0.05, 0) is 37.5 Å². The summed E-state index contributed by atoms with van der Waals surface area (Å²) in [6.45, 7) is 12.2. The van der Waals surface area contributed by atoms with Crippen molar-refractivity contribution < 1.29 is 9.53 Å². The van der Waals surface area contributed by atoms with Crippen LogP contribution in [0.3, 0.4) is 0 Å². The van der Waals surface area contributed by atoms with E-state index in [1.807, 2.05) is 20.8 Å². The first-order valence-corrected chi connectivity index (χ1v) is 7.67. The maximum absolute atomic E-state index is 11.4. The van der Waals surface area contributed by atoms with Crippen LogP contribution in [0.4, 0.5) is 0 Å². The van der Waals surface area contributed by atoms with Crippen molar-refractivity contribution in [2.75, 3.05) is 13.2 Å². The highest BCUT2D eigenvalue weighted by Gasteiger charge is 2.08. The van der Waals surface area contributed by atoms with E-state index in [0.717, 1.165) is 23.4 Å². The molecule has 0 aliphatic heterocycles. The van der Waals surface area contributed by atoms with Crippen LogP contribution in [0.2, 0.25) is 0 Å². The standard InChI is InChI=1S/C17H28N2O2/c1-6-18-16(20)7-8-21-17-13(4)9-15(10-14(17)5)11-19-12(2)3/h9-10,12,19H,6-8,11H2,1-5H3,(H,18,20). The molecule has 0 bridgehead atoms. The molecule has 0 heterocycles. The average Bonchev–Trinajstić information content (AvgIpc) is 2.40. The Hall–Kier alpha value is -1.55. The number of amides is 1. The predicted molar refractivity (Wildman–Crippen MR) is 86.7 cm³/mol. The minimum absolute atomic E-state index is 0.0329. The second kappa shape index (κ2) is 8.67. The zero-order chi connectivity index (χ0) is 15.8.